The average molecular weight is 350 g/mol. The summed E-state index contributed by atoms with van der Waals surface area (Å²) >= 11 is 0. The zero-order valence-electron chi connectivity index (χ0n) is 15.2. The Morgan fingerprint density at radius 2 is 1.96 bits per heavy atom. The van der Waals surface area contributed by atoms with Gasteiger partial charge in [0.15, 0.2) is 0 Å². The highest BCUT2D eigenvalue weighted by atomic mass is 16.2. The molecule has 4 rings (SSSR count). The lowest BCUT2D eigenvalue weighted by molar-refractivity contribution is -0.137. The number of hydrazine groups is 1. The second kappa shape index (κ2) is 7.56. The van der Waals surface area contributed by atoms with Gasteiger partial charge in [-0.05, 0) is 49.8 Å². The van der Waals surface area contributed by atoms with E-state index < -0.39 is 0 Å². The van der Waals surface area contributed by atoms with E-state index in [9.17, 15) is 4.79 Å². The number of likely N-dealkylation sites (tertiary alicyclic amines) is 1. The highest BCUT2D eigenvalue weighted by Crippen LogP contribution is 2.32. The quantitative estimate of drug-likeness (QED) is 0.893. The summed E-state index contributed by atoms with van der Waals surface area (Å²) in [6, 6.07) is 12.7. The topological polar surface area (TPSA) is 57.3 Å². The molecule has 2 aromatic rings. The fraction of sp³-hybridized carbons (Fsp3) is 0.429. The van der Waals surface area contributed by atoms with Gasteiger partial charge in [-0.1, -0.05) is 35.9 Å². The Balaban J connectivity index is 1.47. The largest absolute Gasteiger partial charge is 0.334 e. The number of carbonyl (C=O) groups is 1. The molecule has 0 saturated carbocycles. The van der Waals surface area contributed by atoms with Gasteiger partial charge in [0.25, 0.3) is 0 Å². The molecule has 0 radical (unpaired) electrons. The van der Waals surface area contributed by atoms with Crippen LogP contribution in [0.25, 0.3) is 0 Å². The number of hydrogen-bond donors (Lipinski definition) is 2. The molecule has 3 unspecified atom stereocenters. The van der Waals surface area contributed by atoms with Crippen molar-refractivity contribution in [2.24, 2.45) is 0 Å². The van der Waals surface area contributed by atoms with E-state index in [1.54, 1.807) is 6.20 Å². The minimum Gasteiger partial charge on any atom is -0.334 e. The van der Waals surface area contributed by atoms with Gasteiger partial charge in [-0.25, -0.2) is 10.9 Å². The number of amides is 1. The summed E-state index contributed by atoms with van der Waals surface area (Å²) in [5, 5.41) is 0. The minimum atomic E-state index is -0.182. The Morgan fingerprint density at radius 1 is 1.12 bits per heavy atom. The molecule has 2 N–H and O–H groups in total. The fourth-order valence-electron chi connectivity index (χ4n) is 4.05. The smallest absolute Gasteiger partial charge is 0.241 e. The number of aromatic nitrogens is 1. The van der Waals surface area contributed by atoms with Crippen molar-refractivity contribution in [3.63, 3.8) is 0 Å². The van der Waals surface area contributed by atoms with Crippen LogP contribution in [0, 0.1) is 6.92 Å². The van der Waals surface area contributed by atoms with Crippen LogP contribution in [0.4, 0.5) is 0 Å². The summed E-state index contributed by atoms with van der Waals surface area (Å²) < 4.78 is 0. The maximum Gasteiger partial charge on any atom is 0.241 e. The first-order valence-corrected chi connectivity index (χ1v) is 9.50. The normalized spacial score (nSPS) is 26.0. The number of aryl methyl sites for hydroxylation is 1. The van der Waals surface area contributed by atoms with Gasteiger partial charge in [-0.2, -0.15) is 0 Å². The molecule has 5 heteroatoms. The van der Waals surface area contributed by atoms with Crippen LogP contribution >= 0.6 is 0 Å². The number of rotatable bonds is 3. The Hall–Kier alpha value is -2.24. The summed E-state index contributed by atoms with van der Waals surface area (Å²) in [5.74, 6) is 0.195. The molecule has 2 fully saturated rings. The molecule has 2 saturated heterocycles. The monoisotopic (exact) mass is 350 g/mol. The molecule has 136 valence electrons. The van der Waals surface area contributed by atoms with Crippen molar-refractivity contribution < 1.29 is 4.79 Å². The van der Waals surface area contributed by atoms with Gasteiger partial charge in [0.2, 0.25) is 5.91 Å². The number of benzene rings is 1. The summed E-state index contributed by atoms with van der Waals surface area (Å²) in [7, 11) is 0. The number of nitrogens with zero attached hydrogens (tertiary/aromatic N) is 2. The number of hydrogen-bond acceptors (Lipinski definition) is 4. The van der Waals surface area contributed by atoms with Crippen LogP contribution in [0.3, 0.4) is 0 Å². The van der Waals surface area contributed by atoms with E-state index in [2.05, 4.69) is 58.0 Å². The van der Waals surface area contributed by atoms with Gasteiger partial charge in [-0.3, -0.25) is 9.78 Å². The Bertz CT molecular complexity index is 746. The maximum absolute atomic E-state index is 13.2. The molecule has 1 aromatic heterocycles. The standard InChI is InChI=1S/C21H26N4O/c1-15-7-9-16(10-8-15)18-13-19(24-23-18)21(26)25-12-3-2-6-20(25)17-5-4-11-22-14-17/h4-5,7-11,14,18-20,23-24H,2-3,6,12-13H2,1H3. The van der Waals surface area contributed by atoms with E-state index >= 15 is 0 Å². The van der Waals surface area contributed by atoms with Crippen molar-refractivity contribution in [2.45, 2.75) is 50.7 Å². The first-order valence-electron chi connectivity index (χ1n) is 9.50. The summed E-state index contributed by atoms with van der Waals surface area (Å²) in [4.78, 5) is 19.5. The van der Waals surface area contributed by atoms with E-state index in [1.807, 2.05) is 12.3 Å². The summed E-state index contributed by atoms with van der Waals surface area (Å²) in [6.07, 6.45) is 7.70. The van der Waals surface area contributed by atoms with Crippen molar-refractivity contribution in [2.75, 3.05) is 6.54 Å². The molecule has 1 amide bonds. The van der Waals surface area contributed by atoms with E-state index in [4.69, 9.17) is 0 Å². The third-order valence-corrected chi connectivity index (χ3v) is 5.54. The Morgan fingerprint density at radius 3 is 2.73 bits per heavy atom. The lowest BCUT2D eigenvalue weighted by atomic mass is 9.94. The zero-order valence-corrected chi connectivity index (χ0v) is 15.2. The second-order valence-corrected chi connectivity index (χ2v) is 7.37. The van der Waals surface area contributed by atoms with Gasteiger partial charge < -0.3 is 4.90 Å². The van der Waals surface area contributed by atoms with Crippen molar-refractivity contribution in [3.8, 4) is 0 Å². The molecule has 2 aliphatic rings. The van der Waals surface area contributed by atoms with E-state index in [0.29, 0.717) is 0 Å². The van der Waals surface area contributed by atoms with Crippen LogP contribution in [0.5, 0.6) is 0 Å². The highest BCUT2D eigenvalue weighted by molar-refractivity contribution is 5.82. The fourth-order valence-corrected chi connectivity index (χ4v) is 4.05. The molecule has 0 aliphatic carbocycles. The van der Waals surface area contributed by atoms with Crippen molar-refractivity contribution in [1.82, 2.24) is 20.7 Å². The molecule has 2 aliphatic heterocycles. The molecule has 3 heterocycles. The summed E-state index contributed by atoms with van der Waals surface area (Å²) in [5.41, 5.74) is 10.2. The van der Waals surface area contributed by atoms with Gasteiger partial charge in [0.1, 0.15) is 6.04 Å². The van der Waals surface area contributed by atoms with Gasteiger partial charge in [0, 0.05) is 25.0 Å². The second-order valence-electron chi connectivity index (χ2n) is 7.37. The molecule has 5 nitrogen and oxygen atoms in total. The van der Waals surface area contributed by atoms with Crippen LogP contribution in [0.1, 0.15) is 54.5 Å². The van der Waals surface area contributed by atoms with Crippen LogP contribution in [0.15, 0.2) is 48.8 Å². The average Bonchev–Trinajstić information content (AvgIpc) is 3.19. The first kappa shape index (κ1) is 17.2. The molecule has 1 aromatic carbocycles. The van der Waals surface area contributed by atoms with Gasteiger partial charge >= 0.3 is 0 Å². The minimum absolute atomic E-state index is 0.144. The highest BCUT2D eigenvalue weighted by Gasteiger charge is 2.36. The van der Waals surface area contributed by atoms with Gasteiger partial charge in [-0.15, -0.1) is 0 Å². The number of nitrogens with one attached hydrogen (secondary N) is 2. The molecule has 0 bridgehead atoms. The molecule has 26 heavy (non-hydrogen) atoms. The van der Waals surface area contributed by atoms with Crippen molar-refractivity contribution in [1.29, 1.82) is 0 Å². The first-order chi connectivity index (χ1) is 12.7. The Kier molecular flexibility index (Phi) is 5.00. The molecule has 0 spiro atoms. The third-order valence-electron chi connectivity index (χ3n) is 5.54. The SMILES string of the molecule is Cc1ccc(C2CC(C(=O)N3CCCCC3c3cccnc3)NN2)cc1. The molecular weight excluding hydrogens is 324 g/mol. The lowest BCUT2D eigenvalue weighted by Crippen LogP contribution is -2.48. The van der Waals surface area contributed by atoms with Crippen molar-refractivity contribution in [3.05, 3.63) is 65.5 Å². The third kappa shape index (κ3) is 3.50. The van der Waals surface area contributed by atoms with E-state index in [-0.39, 0.29) is 24.0 Å². The number of pyridine rings is 1. The number of carbonyl (C=O) groups excluding carboxylic acids is 1. The lowest BCUT2D eigenvalue weighted by Gasteiger charge is -2.37. The summed E-state index contributed by atoms with van der Waals surface area (Å²) in [6.45, 7) is 2.91. The van der Waals surface area contributed by atoms with Crippen LogP contribution in [-0.2, 0) is 4.79 Å². The van der Waals surface area contributed by atoms with Crippen LogP contribution in [-0.4, -0.2) is 28.4 Å². The Labute approximate surface area is 154 Å². The van der Waals surface area contributed by atoms with Crippen molar-refractivity contribution >= 4 is 5.91 Å². The predicted octanol–water partition coefficient (Wildman–Crippen LogP) is 3.05. The predicted molar refractivity (Wildman–Crippen MR) is 101 cm³/mol. The number of piperidine rings is 1. The van der Waals surface area contributed by atoms with Crippen LogP contribution in [0.2, 0.25) is 0 Å². The van der Waals surface area contributed by atoms with E-state index in [0.717, 1.165) is 37.8 Å². The van der Waals surface area contributed by atoms with Gasteiger partial charge in [0.05, 0.1) is 6.04 Å². The maximum atomic E-state index is 13.2. The molecule has 3 atom stereocenters. The zero-order chi connectivity index (χ0) is 17.9. The molecular formula is C21H26N4O. The van der Waals surface area contributed by atoms with E-state index in [1.165, 1.54) is 11.1 Å². The van der Waals surface area contributed by atoms with Crippen LogP contribution < -0.4 is 10.9 Å².